The van der Waals surface area contributed by atoms with Crippen molar-refractivity contribution >= 4 is 45.5 Å². The van der Waals surface area contributed by atoms with Crippen LogP contribution in [0.25, 0.3) is 43.4 Å². The quantitative estimate of drug-likeness (QED) is 0.201. The predicted molar refractivity (Wildman–Crippen MR) is 177 cm³/mol. The minimum Gasteiger partial charge on any atom is -0.476 e. The molecule has 1 aliphatic carbocycles. The Labute approximate surface area is 269 Å². The van der Waals surface area contributed by atoms with Crippen LogP contribution in [0.3, 0.4) is 0 Å². The van der Waals surface area contributed by atoms with E-state index in [1.807, 2.05) is 18.7 Å². The number of pyridine rings is 1. The van der Waals surface area contributed by atoms with E-state index in [0.717, 1.165) is 62.0 Å². The zero-order valence-corrected chi connectivity index (χ0v) is 27.0. The maximum atomic E-state index is 13.8. The van der Waals surface area contributed by atoms with Crippen LogP contribution in [0.5, 0.6) is 0 Å². The number of fused-ring (bicyclic) bond motifs is 1. The van der Waals surface area contributed by atoms with E-state index in [-0.39, 0.29) is 18.1 Å². The van der Waals surface area contributed by atoms with Crippen LogP contribution in [0.2, 0.25) is 0 Å². The van der Waals surface area contributed by atoms with E-state index in [1.165, 1.54) is 36.2 Å². The van der Waals surface area contributed by atoms with Gasteiger partial charge in [-0.25, -0.2) is 19.7 Å². The third-order valence-electron chi connectivity index (χ3n) is 8.87. The number of aromatic nitrogens is 4. The molecule has 45 heavy (non-hydrogen) atoms. The monoisotopic (exact) mass is 641 g/mol. The molecular weight excluding hydrogens is 607 g/mol. The fourth-order valence-corrected chi connectivity index (χ4v) is 8.37. The first-order valence-corrected chi connectivity index (χ1v) is 17.2. The number of amides is 1. The number of morpholine rings is 1. The molecule has 1 saturated heterocycles. The fraction of sp³-hybridized carbons (Fsp3) is 0.382. The Balaban J connectivity index is 1.38. The summed E-state index contributed by atoms with van der Waals surface area (Å²) in [5.41, 5.74) is 6.82. The summed E-state index contributed by atoms with van der Waals surface area (Å²) in [6.07, 6.45) is 5.72. The van der Waals surface area contributed by atoms with Crippen LogP contribution in [0.4, 0.5) is 0 Å². The SMILES string of the molecule is Cc1nc(C)c(-c2ccc3cc(-c4c(C5CCCCC5)cc(-c5nc(C(=O)O)cs5)n4CC(=O)N4CCOCC4)ccc3n2)s1. The second kappa shape index (κ2) is 12.5. The molecular formula is C34H35N5O4S2. The van der Waals surface area contributed by atoms with Crippen LogP contribution in [0, 0.1) is 13.8 Å². The van der Waals surface area contributed by atoms with E-state index in [1.54, 1.807) is 16.7 Å². The summed E-state index contributed by atoms with van der Waals surface area (Å²) in [6.45, 7) is 6.34. The number of carbonyl (C=O) groups is 2. The first-order valence-electron chi connectivity index (χ1n) is 15.5. The van der Waals surface area contributed by atoms with E-state index in [4.69, 9.17) is 9.72 Å². The van der Waals surface area contributed by atoms with Crippen LogP contribution in [0.1, 0.15) is 64.8 Å². The molecule has 0 spiro atoms. The number of ether oxygens (including phenoxy) is 1. The summed E-state index contributed by atoms with van der Waals surface area (Å²) in [4.78, 5) is 42.6. The molecule has 5 aromatic rings. The molecule has 1 N–H and O–H groups in total. The number of hydrogen-bond donors (Lipinski definition) is 1. The number of aromatic carboxylic acids is 1. The standard InChI is InChI=1S/C34H35N5O4S2/c1-20-32(45-21(2)35-20)27-11-8-23-16-24(9-10-26(23)36-27)31-25(22-6-4-3-5-7-22)17-29(33-37-28(19-44-33)34(41)42)39(31)18-30(40)38-12-14-43-15-13-38/h8-11,16-17,19,22H,3-7,12-15,18H2,1-2H3,(H,41,42). The number of carboxylic acid groups (broad SMARTS) is 1. The van der Waals surface area contributed by atoms with Gasteiger partial charge in [-0.2, -0.15) is 0 Å². The lowest BCUT2D eigenvalue weighted by Gasteiger charge is -2.28. The lowest BCUT2D eigenvalue weighted by Crippen LogP contribution is -2.42. The minimum absolute atomic E-state index is 0.0157. The molecule has 2 fully saturated rings. The van der Waals surface area contributed by atoms with Crippen molar-refractivity contribution in [1.29, 1.82) is 0 Å². The molecule has 7 rings (SSSR count). The van der Waals surface area contributed by atoms with E-state index in [2.05, 4.69) is 50.9 Å². The first kappa shape index (κ1) is 29.8. The van der Waals surface area contributed by atoms with Crippen LogP contribution in [-0.4, -0.2) is 67.7 Å². The van der Waals surface area contributed by atoms with Gasteiger partial charge in [0.05, 0.1) is 51.4 Å². The van der Waals surface area contributed by atoms with Crippen molar-refractivity contribution in [2.75, 3.05) is 26.3 Å². The third kappa shape index (κ3) is 5.92. The van der Waals surface area contributed by atoms with Crippen LogP contribution >= 0.6 is 22.7 Å². The van der Waals surface area contributed by atoms with Gasteiger partial charge < -0.3 is 19.3 Å². The summed E-state index contributed by atoms with van der Waals surface area (Å²) >= 11 is 2.96. The molecule has 0 unspecified atom stereocenters. The topological polar surface area (TPSA) is 110 Å². The molecule has 1 amide bonds. The molecule has 4 aromatic heterocycles. The zero-order valence-electron chi connectivity index (χ0n) is 25.4. The average Bonchev–Trinajstić information content (AvgIpc) is 3.78. The molecule has 5 heterocycles. The highest BCUT2D eigenvalue weighted by molar-refractivity contribution is 7.15. The van der Waals surface area contributed by atoms with Crippen molar-refractivity contribution in [2.45, 2.75) is 58.4 Å². The number of nitrogens with zero attached hydrogens (tertiary/aromatic N) is 5. The van der Waals surface area contributed by atoms with Crippen molar-refractivity contribution in [3.63, 3.8) is 0 Å². The van der Waals surface area contributed by atoms with Gasteiger partial charge in [-0.3, -0.25) is 4.79 Å². The lowest BCUT2D eigenvalue weighted by atomic mass is 9.83. The molecule has 9 nitrogen and oxygen atoms in total. The smallest absolute Gasteiger partial charge is 0.355 e. The van der Waals surface area contributed by atoms with Gasteiger partial charge in [0.1, 0.15) is 11.6 Å². The highest BCUT2D eigenvalue weighted by Gasteiger charge is 2.29. The van der Waals surface area contributed by atoms with E-state index >= 15 is 0 Å². The first-order chi connectivity index (χ1) is 21.9. The Bertz CT molecular complexity index is 1900. The Morgan fingerprint density at radius 2 is 1.80 bits per heavy atom. The molecule has 11 heteroatoms. The van der Waals surface area contributed by atoms with Gasteiger partial charge in [0.25, 0.3) is 0 Å². The number of benzene rings is 1. The lowest BCUT2D eigenvalue weighted by molar-refractivity contribution is -0.135. The van der Waals surface area contributed by atoms with Gasteiger partial charge in [-0.05, 0) is 68.0 Å². The summed E-state index contributed by atoms with van der Waals surface area (Å²) in [5.74, 6) is -0.693. The van der Waals surface area contributed by atoms with Crippen molar-refractivity contribution in [2.24, 2.45) is 0 Å². The molecule has 1 aliphatic heterocycles. The van der Waals surface area contributed by atoms with Gasteiger partial charge in [0, 0.05) is 23.9 Å². The minimum atomic E-state index is -1.06. The second-order valence-electron chi connectivity index (χ2n) is 11.8. The zero-order chi connectivity index (χ0) is 31.1. The fourth-order valence-electron chi connectivity index (χ4n) is 6.66. The van der Waals surface area contributed by atoms with E-state index in [0.29, 0.717) is 37.2 Å². The van der Waals surface area contributed by atoms with Crippen molar-refractivity contribution in [1.82, 2.24) is 24.4 Å². The Hall–Kier alpha value is -3.93. The van der Waals surface area contributed by atoms with E-state index in [9.17, 15) is 14.7 Å². The molecule has 2 aliphatic rings. The molecule has 1 saturated carbocycles. The second-order valence-corrected chi connectivity index (χ2v) is 13.9. The van der Waals surface area contributed by atoms with Crippen molar-refractivity contribution in [3.05, 3.63) is 63.7 Å². The number of carboxylic acids is 1. The summed E-state index contributed by atoms with van der Waals surface area (Å²) in [6, 6.07) is 12.7. The number of rotatable bonds is 7. The molecule has 0 atom stereocenters. The Morgan fingerprint density at radius 1 is 1.00 bits per heavy atom. The molecule has 0 bridgehead atoms. The van der Waals surface area contributed by atoms with Gasteiger partial charge in [0.15, 0.2) is 5.69 Å². The summed E-state index contributed by atoms with van der Waals surface area (Å²) in [7, 11) is 0. The number of aryl methyl sites for hydroxylation is 2. The Morgan fingerprint density at radius 3 is 2.51 bits per heavy atom. The van der Waals surface area contributed by atoms with Crippen LogP contribution < -0.4 is 0 Å². The van der Waals surface area contributed by atoms with Crippen molar-refractivity contribution < 1.29 is 19.4 Å². The number of carbonyl (C=O) groups excluding carboxylic acids is 1. The molecule has 1 aromatic carbocycles. The maximum absolute atomic E-state index is 13.8. The Kier molecular flexibility index (Phi) is 8.24. The largest absolute Gasteiger partial charge is 0.476 e. The molecule has 232 valence electrons. The predicted octanol–water partition coefficient (Wildman–Crippen LogP) is 7.17. The highest BCUT2D eigenvalue weighted by atomic mass is 32.1. The maximum Gasteiger partial charge on any atom is 0.355 e. The van der Waals surface area contributed by atoms with Crippen LogP contribution in [-0.2, 0) is 16.1 Å². The van der Waals surface area contributed by atoms with Crippen LogP contribution in [0.15, 0.2) is 41.8 Å². The number of thiazole rings is 2. The van der Waals surface area contributed by atoms with Gasteiger partial charge in [-0.1, -0.05) is 31.4 Å². The average molecular weight is 642 g/mol. The third-order valence-corrected chi connectivity index (χ3v) is 10.8. The normalized spacial score (nSPS) is 16.0. The van der Waals surface area contributed by atoms with Gasteiger partial charge in [-0.15, -0.1) is 22.7 Å². The van der Waals surface area contributed by atoms with Crippen molar-refractivity contribution in [3.8, 4) is 32.5 Å². The van der Waals surface area contributed by atoms with Gasteiger partial charge in [0.2, 0.25) is 5.91 Å². The number of hydrogen-bond acceptors (Lipinski definition) is 8. The van der Waals surface area contributed by atoms with Gasteiger partial charge >= 0.3 is 5.97 Å². The highest BCUT2D eigenvalue weighted by Crippen LogP contribution is 2.43. The van der Waals surface area contributed by atoms with E-state index < -0.39 is 5.97 Å². The molecule has 0 radical (unpaired) electrons. The summed E-state index contributed by atoms with van der Waals surface area (Å²) < 4.78 is 7.59. The summed E-state index contributed by atoms with van der Waals surface area (Å²) in [5, 5.41) is 13.9.